The van der Waals surface area contributed by atoms with Gasteiger partial charge in [0.05, 0.1) is 0 Å². The van der Waals surface area contributed by atoms with Gasteiger partial charge in [0.1, 0.15) is 12.6 Å². The first-order chi connectivity index (χ1) is 12.3. The molecule has 4 N–H and O–H groups in total. The van der Waals surface area contributed by atoms with Crippen molar-refractivity contribution >= 4 is 5.97 Å². The Balaban J connectivity index is 2.49. The quantitative estimate of drug-likeness (QED) is 0.332. The van der Waals surface area contributed by atoms with Gasteiger partial charge in [-0.1, -0.05) is 69.4 Å². The maximum Gasteiger partial charge on any atom is 0.326 e. The van der Waals surface area contributed by atoms with Crippen LogP contribution in [-0.2, 0) is 16.1 Å². The fourth-order valence-corrected chi connectivity index (χ4v) is 2.54. The zero-order chi connectivity index (χ0) is 19.6. The number of nitrogens with two attached hydrogens (primary N) is 2. The van der Waals surface area contributed by atoms with E-state index in [2.05, 4.69) is 0 Å². The van der Waals surface area contributed by atoms with Crippen LogP contribution in [0, 0.1) is 0 Å². The number of rotatable bonds is 12. The summed E-state index contributed by atoms with van der Waals surface area (Å²) in [5.41, 5.74) is 11.3. The summed E-state index contributed by atoms with van der Waals surface area (Å²) >= 11 is 0. The second-order valence-electron chi connectivity index (χ2n) is 6.52. The summed E-state index contributed by atoms with van der Waals surface area (Å²) in [6.45, 7) is 1.90. The number of carbonyl (C=O) groups is 1. The predicted molar refractivity (Wildman–Crippen MR) is 95.4 cm³/mol. The van der Waals surface area contributed by atoms with Crippen molar-refractivity contribution in [2.45, 2.75) is 76.2 Å². The highest BCUT2D eigenvalue weighted by molar-refractivity contribution is 5.76. The minimum Gasteiger partial charge on any atom is -0.460 e. The summed E-state index contributed by atoms with van der Waals surface area (Å²) in [5.74, 6) is -4.50. The van der Waals surface area contributed by atoms with E-state index in [4.69, 9.17) is 16.2 Å². The summed E-state index contributed by atoms with van der Waals surface area (Å²) in [4.78, 5) is 11.8. The van der Waals surface area contributed by atoms with Gasteiger partial charge in [-0.3, -0.25) is 10.5 Å². The largest absolute Gasteiger partial charge is 0.460 e. The molecule has 0 saturated heterocycles. The van der Waals surface area contributed by atoms with Crippen LogP contribution in [0.2, 0.25) is 0 Å². The lowest BCUT2D eigenvalue weighted by Crippen LogP contribution is -2.60. The van der Waals surface area contributed by atoms with Crippen molar-refractivity contribution in [2.24, 2.45) is 11.5 Å². The van der Waals surface area contributed by atoms with E-state index in [-0.39, 0.29) is 13.0 Å². The molecule has 1 aromatic carbocycles. The number of halogens is 3. The molecule has 0 bridgehead atoms. The molecule has 4 unspecified atom stereocenters. The van der Waals surface area contributed by atoms with E-state index in [1.807, 2.05) is 6.92 Å². The predicted octanol–water partition coefficient (Wildman–Crippen LogP) is 3.72. The number of ether oxygens (including phenoxy) is 1. The molecule has 0 spiro atoms. The Morgan fingerprint density at radius 1 is 1.15 bits per heavy atom. The molecule has 0 saturated carbocycles. The molecule has 0 aromatic heterocycles. The second kappa shape index (κ2) is 11.2. The molecule has 1 rings (SSSR count). The van der Waals surface area contributed by atoms with Gasteiger partial charge in [0, 0.05) is 0 Å². The van der Waals surface area contributed by atoms with Crippen molar-refractivity contribution in [2.75, 3.05) is 0 Å². The fraction of sp³-hybridized carbons (Fsp3) is 0.632. The molecule has 0 fully saturated rings. The normalized spacial score (nSPS) is 17.2. The summed E-state index contributed by atoms with van der Waals surface area (Å²) in [6, 6.07) is 6.66. The van der Waals surface area contributed by atoms with Crippen molar-refractivity contribution in [1.29, 1.82) is 0 Å². The van der Waals surface area contributed by atoms with Crippen molar-refractivity contribution in [3.63, 3.8) is 0 Å². The minimum absolute atomic E-state index is 0.138. The number of benzene rings is 1. The van der Waals surface area contributed by atoms with E-state index in [1.54, 1.807) is 30.3 Å². The SMILES string of the molecule is CCCCCCCC(F)C(N)(F)C(F)C(N)C(=O)OCc1ccccc1. The molecule has 4 nitrogen and oxygen atoms in total. The topological polar surface area (TPSA) is 78.3 Å². The third-order valence-corrected chi connectivity index (χ3v) is 4.28. The van der Waals surface area contributed by atoms with Gasteiger partial charge < -0.3 is 10.5 Å². The average Bonchev–Trinajstić information content (AvgIpc) is 2.65. The molecule has 7 heteroatoms. The number of hydrogen-bond acceptors (Lipinski definition) is 4. The van der Waals surface area contributed by atoms with E-state index >= 15 is 0 Å². The van der Waals surface area contributed by atoms with Crippen LogP contribution in [0.15, 0.2) is 30.3 Å². The highest BCUT2D eigenvalue weighted by Gasteiger charge is 2.49. The molecular weight excluding hydrogens is 345 g/mol. The molecule has 0 amide bonds. The van der Waals surface area contributed by atoms with E-state index in [1.165, 1.54) is 0 Å². The van der Waals surface area contributed by atoms with Crippen LogP contribution in [0.1, 0.15) is 51.0 Å². The molecule has 0 aliphatic carbocycles. The Kier molecular flexibility index (Phi) is 9.65. The Labute approximate surface area is 153 Å². The Bertz CT molecular complexity index is 529. The van der Waals surface area contributed by atoms with Crippen LogP contribution in [0.4, 0.5) is 13.2 Å². The molecule has 0 heterocycles. The molecule has 148 valence electrons. The van der Waals surface area contributed by atoms with Gasteiger partial charge in [0.15, 0.2) is 12.3 Å². The highest BCUT2D eigenvalue weighted by atomic mass is 19.2. The van der Waals surface area contributed by atoms with Gasteiger partial charge in [0.2, 0.25) is 5.79 Å². The lowest BCUT2D eigenvalue weighted by Gasteiger charge is -2.30. The molecular formula is C19H29F3N2O2. The zero-order valence-electron chi connectivity index (χ0n) is 15.2. The first kappa shape index (κ1) is 22.4. The molecule has 0 aliphatic rings. The van der Waals surface area contributed by atoms with Crippen LogP contribution in [0.3, 0.4) is 0 Å². The van der Waals surface area contributed by atoms with Crippen molar-refractivity contribution < 1.29 is 22.7 Å². The summed E-state index contributed by atoms with van der Waals surface area (Å²) < 4.78 is 47.6. The summed E-state index contributed by atoms with van der Waals surface area (Å²) in [7, 11) is 0. The van der Waals surface area contributed by atoms with Gasteiger partial charge in [-0.15, -0.1) is 0 Å². The molecule has 4 atom stereocenters. The maximum absolute atomic E-state index is 14.4. The van der Waals surface area contributed by atoms with E-state index in [9.17, 15) is 18.0 Å². The van der Waals surface area contributed by atoms with Crippen LogP contribution in [0.25, 0.3) is 0 Å². The van der Waals surface area contributed by atoms with Crippen molar-refractivity contribution in [3.8, 4) is 0 Å². The number of hydrogen-bond donors (Lipinski definition) is 2. The van der Waals surface area contributed by atoms with Crippen LogP contribution in [-0.4, -0.2) is 30.1 Å². The van der Waals surface area contributed by atoms with Gasteiger partial charge in [-0.2, -0.15) is 0 Å². The van der Waals surface area contributed by atoms with Crippen molar-refractivity contribution in [1.82, 2.24) is 0 Å². The van der Waals surface area contributed by atoms with Gasteiger partial charge in [0.25, 0.3) is 0 Å². The van der Waals surface area contributed by atoms with Gasteiger partial charge in [-0.25, -0.2) is 13.2 Å². The van der Waals surface area contributed by atoms with E-state index in [0.29, 0.717) is 18.4 Å². The van der Waals surface area contributed by atoms with Crippen LogP contribution < -0.4 is 11.5 Å². The molecule has 0 radical (unpaired) electrons. The third kappa shape index (κ3) is 6.96. The number of carbonyl (C=O) groups excluding carboxylic acids is 1. The van der Waals surface area contributed by atoms with Gasteiger partial charge >= 0.3 is 5.97 Å². The first-order valence-corrected chi connectivity index (χ1v) is 9.02. The highest BCUT2D eigenvalue weighted by Crippen LogP contribution is 2.27. The lowest BCUT2D eigenvalue weighted by atomic mass is 9.95. The Morgan fingerprint density at radius 3 is 2.38 bits per heavy atom. The number of esters is 1. The van der Waals surface area contributed by atoms with E-state index < -0.39 is 30.1 Å². The summed E-state index contributed by atoms with van der Waals surface area (Å²) in [6.07, 6.45) is -1.12. The first-order valence-electron chi connectivity index (χ1n) is 9.02. The average molecular weight is 374 g/mol. The Hall–Kier alpha value is -1.60. The maximum atomic E-state index is 14.4. The van der Waals surface area contributed by atoms with Gasteiger partial charge in [-0.05, 0) is 12.0 Å². The monoisotopic (exact) mass is 374 g/mol. The smallest absolute Gasteiger partial charge is 0.326 e. The Morgan fingerprint density at radius 2 is 1.77 bits per heavy atom. The molecule has 26 heavy (non-hydrogen) atoms. The number of alkyl halides is 3. The second-order valence-corrected chi connectivity index (χ2v) is 6.52. The molecule has 1 aromatic rings. The third-order valence-electron chi connectivity index (χ3n) is 4.28. The van der Waals surface area contributed by atoms with Crippen LogP contribution >= 0.6 is 0 Å². The lowest BCUT2D eigenvalue weighted by molar-refractivity contribution is -0.151. The summed E-state index contributed by atoms with van der Waals surface area (Å²) in [5, 5.41) is 0. The zero-order valence-corrected chi connectivity index (χ0v) is 15.2. The van der Waals surface area contributed by atoms with Crippen molar-refractivity contribution in [3.05, 3.63) is 35.9 Å². The van der Waals surface area contributed by atoms with E-state index in [0.717, 1.165) is 19.3 Å². The number of unbranched alkanes of at least 4 members (excludes halogenated alkanes) is 4. The standard InChI is InChI=1S/C19H29F3N2O2/c1-2-3-4-5-9-12-15(20)19(22,24)17(21)16(23)18(25)26-13-14-10-7-6-8-11-14/h6-8,10-11,15-17H,2-5,9,12-13,23-24H2,1H3. The minimum atomic E-state index is -3.34. The molecule has 0 aliphatic heterocycles. The van der Waals surface area contributed by atoms with Crippen LogP contribution in [0.5, 0.6) is 0 Å². The fourth-order valence-electron chi connectivity index (χ4n) is 2.54.